The highest BCUT2D eigenvalue weighted by Gasteiger charge is 2.20. The Kier molecular flexibility index (Phi) is 5.25. The maximum absolute atomic E-state index is 12.6. The Morgan fingerprint density at radius 1 is 1.20 bits per heavy atom. The summed E-state index contributed by atoms with van der Waals surface area (Å²) in [5.41, 5.74) is 2.74. The van der Waals surface area contributed by atoms with Crippen LogP contribution in [0.4, 0.5) is 0 Å². The third-order valence-corrected chi connectivity index (χ3v) is 4.86. The lowest BCUT2D eigenvalue weighted by molar-refractivity contribution is 0.0915. The number of halogens is 1. The van der Waals surface area contributed by atoms with Crippen molar-refractivity contribution < 1.29 is 9.21 Å². The predicted octanol–water partition coefficient (Wildman–Crippen LogP) is 4.54. The molecule has 5 heteroatoms. The molecule has 0 fully saturated rings. The number of rotatable bonds is 5. The van der Waals surface area contributed by atoms with E-state index in [1.807, 2.05) is 57.4 Å². The summed E-state index contributed by atoms with van der Waals surface area (Å²) < 4.78 is 6.73. The topological polar surface area (TPSA) is 45.5 Å². The summed E-state index contributed by atoms with van der Waals surface area (Å²) in [5, 5.41) is 3.96. The number of aryl methyl sites for hydroxylation is 1. The Balaban J connectivity index is 1.79. The molecular formula is C20H21BrN2O2. The van der Waals surface area contributed by atoms with Crippen LogP contribution in [0, 0.1) is 6.92 Å². The van der Waals surface area contributed by atoms with Crippen molar-refractivity contribution in [1.29, 1.82) is 0 Å². The van der Waals surface area contributed by atoms with Crippen molar-refractivity contribution in [3.63, 3.8) is 0 Å². The minimum absolute atomic E-state index is 0.101. The van der Waals surface area contributed by atoms with Gasteiger partial charge in [0.25, 0.3) is 5.91 Å². The van der Waals surface area contributed by atoms with Crippen molar-refractivity contribution in [3.8, 4) is 0 Å². The number of likely N-dealkylation sites (N-methyl/N-ethyl adjacent to an activating group) is 1. The van der Waals surface area contributed by atoms with Crippen molar-refractivity contribution in [1.82, 2.24) is 10.2 Å². The van der Waals surface area contributed by atoms with Crippen LogP contribution in [0.3, 0.4) is 0 Å². The Bertz CT molecular complexity index is 887. The number of fused-ring (bicyclic) bond motifs is 1. The van der Waals surface area contributed by atoms with Gasteiger partial charge in [-0.2, -0.15) is 0 Å². The second-order valence-electron chi connectivity index (χ2n) is 6.30. The molecule has 0 radical (unpaired) electrons. The molecule has 0 spiro atoms. The number of amides is 1. The number of hydrogen-bond donors (Lipinski definition) is 1. The summed E-state index contributed by atoms with van der Waals surface area (Å²) in [4.78, 5) is 14.7. The molecule has 1 aromatic heterocycles. The number of furan rings is 1. The van der Waals surface area contributed by atoms with Gasteiger partial charge in [0.15, 0.2) is 5.76 Å². The molecule has 25 heavy (non-hydrogen) atoms. The van der Waals surface area contributed by atoms with E-state index >= 15 is 0 Å². The van der Waals surface area contributed by atoms with Crippen molar-refractivity contribution in [2.24, 2.45) is 0 Å². The summed E-state index contributed by atoms with van der Waals surface area (Å²) in [6, 6.07) is 16.0. The van der Waals surface area contributed by atoms with Gasteiger partial charge >= 0.3 is 0 Å². The van der Waals surface area contributed by atoms with Crippen LogP contribution in [-0.4, -0.2) is 31.4 Å². The molecule has 1 amide bonds. The lowest BCUT2D eigenvalue weighted by atomic mass is 10.1. The van der Waals surface area contributed by atoms with Crippen molar-refractivity contribution in [2.45, 2.75) is 13.0 Å². The molecule has 2 aromatic carbocycles. The van der Waals surface area contributed by atoms with Gasteiger partial charge in [-0.15, -0.1) is 0 Å². The molecule has 130 valence electrons. The van der Waals surface area contributed by atoms with Gasteiger partial charge in [0.1, 0.15) is 5.58 Å². The summed E-state index contributed by atoms with van der Waals surface area (Å²) in [7, 11) is 4.02. The van der Waals surface area contributed by atoms with Crippen molar-refractivity contribution in [2.75, 3.05) is 20.6 Å². The number of carbonyl (C=O) groups is 1. The van der Waals surface area contributed by atoms with Crippen LogP contribution in [0.1, 0.15) is 27.7 Å². The monoisotopic (exact) mass is 400 g/mol. The molecule has 4 nitrogen and oxygen atoms in total. The predicted molar refractivity (Wildman–Crippen MR) is 104 cm³/mol. The standard InChI is InChI=1S/C20H21BrN2O2/c1-13-16-11-15(21)9-10-18(16)25-19(13)20(24)22-12-17(23(2)3)14-7-5-4-6-8-14/h4-11,17H,12H2,1-3H3,(H,22,24)/t17-/m1/s1. The van der Waals surface area contributed by atoms with Crippen LogP contribution in [0.25, 0.3) is 11.0 Å². The average Bonchev–Trinajstić information content (AvgIpc) is 2.92. The quantitative estimate of drug-likeness (QED) is 0.683. The first-order chi connectivity index (χ1) is 12.0. The van der Waals surface area contributed by atoms with E-state index in [4.69, 9.17) is 4.42 Å². The van der Waals surface area contributed by atoms with Gasteiger partial charge in [-0.05, 0) is 44.8 Å². The van der Waals surface area contributed by atoms with Crippen LogP contribution in [0.2, 0.25) is 0 Å². The molecule has 1 atom stereocenters. The highest BCUT2D eigenvalue weighted by molar-refractivity contribution is 9.10. The normalized spacial score (nSPS) is 12.5. The molecule has 0 aliphatic rings. The Morgan fingerprint density at radius 3 is 2.60 bits per heavy atom. The van der Waals surface area contributed by atoms with E-state index in [9.17, 15) is 4.79 Å². The fourth-order valence-electron chi connectivity index (χ4n) is 2.95. The largest absolute Gasteiger partial charge is 0.451 e. The Labute approximate surface area is 155 Å². The molecule has 1 heterocycles. The molecule has 3 rings (SSSR count). The summed E-state index contributed by atoms with van der Waals surface area (Å²) in [5.74, 6) is 0.186. The van der Waals surface area contributed by atoms with E-state index in [1.165, 1.54) is 0 Å². The fraction of sp³-hybridized carbons (Fsp3) is 0.250. The summed E-state index contributed by atoms with van der Waals surface area (Å²) in [6.07, 6.45) is 0. The number of benzene rings is 2. The van der Waals surface area contributed by atoms with E-state index in [-0.39, 0.29) is 11.9 Å². The molecule has 1 N–H and O–H groups in total. The number of nitrogens with one attached hydrogen (secondary N) is 1. The smallest absolute Gasteiger partial charge is 0.287 e. The van der Waals surface area contributed by atoms with Gasteiger partial charge < -0.3 is 14.6 Å². The molecule has 0 saturated carbocycles. The highest BCUT2D eigenvalue weighted by Crippen LogP contribution is 2.28. The zero-order chi connectivity index (χ0) is 18.0. The van der Waals surface area contributed by atoms with Gasteiger partial charge in [0.2, 0.25) is 0 Å². The molecular weight excluding hydrogens is 380 g/mol. The average molecular weight is 401 g/mol. The second-order valence-corrected chi connectivity index (χ2v) is 7.21. The van der Waals surface area contributed by atoms with Gasteiger partial charge in [-0.1, -0.05) is 46.3 Å². The minimum atomic E-state index is -0.187. The van der Waals surface area contributed by atoms with Gasteiger partial charge in [0.05, 0.1) is 6.04 Å². The van der Waals surface area contributed by atoms with E-state index in [1.54, 1.807) is 0 Å². The van der Waals surface area contributed by atoms with Gasteiger partial charge in [-0.25, -0.2) is 0 Å². The second kappa shape index (κ2) is 7.42. The summed E-state index contributed by atoms with van der Waals surface area (Å²) in [6.45, 7) is 2.42. The molecule has 0 saturated heterocycles. The van der Waals surface area contributed by atoms with E-state index in [0.717, 1.165) is 26.6 Å². The van der Waals surface area contributed by atoms with Crippen LogP contribution < -0.4 is 5.32 Å². The van der Waals surface area contributed by atoms with Crippen molar-refractivity contribution >= 4 is 32.8 Å². The fourth-order valence-corrected chi connectivity index (χ4v) is 3.31. The Hall–Kier alpha value is -2.11. The first-order valence-corrected chi connectivity index (χ1v) is 8.95. The number of nitrogens with zero attached hydrogens (tertiary/aromatic N) is 1. The first kappa shape index (κ1) is 17.7. The third kappa shape index (κ3) is 3.78. The molecule has 0 bridgehead atoms. The zero-order valence-electron chi connectivity index (χ0n) is 14.5. The number of carbonyl (C=O) groups excluding carboxylic acids is 1. The Morgan fingerprint density at radius 2 is 1.92 bits per heavy atom. The lowest BCUT2D eigenvalue weighted by Crippen LogP contribution is -2.34. The van der Waals surface area contributed by atoms with E-state index in [0.29, 0.717) is 12.3 Å². The molecule has 0 aliphatic carbocycles. The maximum atomic E-state index is 12.6. The third-order valence-electron chi connectivity index (χ3n) is 4.37. The van der Waals surface area contributed by atoms with Crippen LogP contribution in [0.5, 0.6) is 0 Å². The maximum Gasteiger partial charge on any atom is 0.287 e. The van der Waals surface area contributed by atoms with Crippen LogP contribution >= 0.6 is 15.9 Å². The highest BCUT2D eigenvalue weighted by atomic mass is 79.9. The zero-order valence-corrected chi connectivity index (χ0v) is 16.1. The lowest BCUT2D eigenvalue weighted by Gasteiger charge is -2.25. The minimum Gasteiger partial charge on any atom is -0.451 e. The molecule has 0 unspecified atom stereocenters. The van der Waals surface area contributed by atoms with E-state index < -0.39 is 0 Å². The molecule has 3 aromatic rings. The summed E-state index contributed by atoms with van der Waals surface area (Å²) >= 11 is 3.46. The number of hydrogen-bond acceptors (Lipinski definition) is 3. The van der Waals surface area contributed by atoms with Gasteiger partial charge in [-0.3, -0.25) is 4.79 Å². The SMILES string of the molecule is Cc1c(C(=O)NC[C@H](c2ccccc2)N(C)C)oc2ccc(Br)cc12. The van der Waals surface area contributed by atoms with E-state index in [2.05, 4.69) is 38.3 Å². The van der Waals surface area contributed by atoms with Gasteiger partial charge in [0, 0.05) is 22.0 Å². The van der Waals surface area contributed by atoms with Crippen LogP contribution in [-0.2, 0) is 0 Å². The first-order valence-electron chi connectivity index (χ1n) is 8.15. The van der Waals surface area contributed by atoms with Crippen LogP contribution in [0.15, 0.2) is 57.4 Å². The molecule has 0 aliphatic heterocycles. The van der Waals surface area contributed by atoms with Crippen molar-refractivity contribution in [3.05, 3.63) is 69.9 Å².